The van der Waals surface area contributed by atoms with Gasteiger partial charge in [-0.3, -0.25) is 4.79 Å². The molecule has 0 atom stereocenters. The predicted octanol–water partition coefficient (Wildman–Crippen LogP) is 0.257. The third-order valence-electron chi connectivity index (χ3n) is 2.32. The van der Waals surface area contributed by atoms with Crippen LogP contribution in [0.5, 0.6) is 0 Å². The summed E-state index contributed by atoms with van der Waals surface area (Å²) in [6.45, 7) is -1.80. The molecule has 7 nitrogen and oxygen atoms in total. The molecule has 3 N–H and O–H groups in total. The van der Waals surface area contributed by atoms with Gasteiger partial charge in [0.2, 0.25) is 0 Å². The predicted molar refractivity (Wildman–Crippen MR) is 58.4 cm³/mol. The van der Waals surface area contributed by atoms with Crippen LogP contribution in [0, 0.1) is 10.1 Å². The lowest BCUT2D eigenvalue weighted by molar-refractivity contribution is -0.391. The smallest absolute Gasteiger partial charge is 0.323 e. The molecular weight excluding hydrogens is 250 g/mol. The molecule has 0 spiro atoms. The number of hydrogen-bond donors (Lipinski definition) is 2. The minimum Gasteiger partial charge on any atom is -0.358 e. The molecule has 9 heteroatoms. The third kappa shape index (κ3) is 3.00. The van der Waals surface area contributed by atoms with Crippen molar-refractivity contribution < 1.29 is 18.5 Å². The number of carbonyl (C=O) groups is 1. The molecule has 0 saturated carbocycles. The van der Waals surface area contributed by atoms with Gasteiger partial charge in [0, 0.05) is 6.07 Å². The molecule has 1 rings (SSSR count). The quantitative estimate of drug-likeness (QED) is 0.586. The van der Waals surface area contributed by atoms with E-state index in [1.165, 1.54) is 13.1 Å². The maximum absolute atomic E-state index is 12.8. The largest absolute Gasteiger partial charge is 0.358 e. The van der Waals surface area contributed by atoms with E-state index in [1.54, 1.807) is 0 Å². The van der Waals surface area contributed by atoms with Crippen LogP contribution in [-0.4, -0.2) is 34.4 Å². The molecular formula is C9H12F2N4O3. The van der Waals surface area contributed by atoms with Crippen molar-refractivity contribution in [3.8, 4) is 0 Å². The van der Waals surface area contributed by atoms with Crippen molar-refractivity contribution in [2.75, 3.05) is 13.1 Å². The first-order valence-electron chi connectivity index (χ1n) is 4.94. The van der Waals surface area contributed by atoms with Crippen LogP contribution in [0.2, 0.25) is 0 Å². The highest BCUT2D eigenvalue weighted by Gasteiger charge is 2.29. The van der Waals surface area contributed by atoms with Gasteiger partial charge < -0.3 is 21.2 Å². The molecule has 0 aromatic carbocycles. The topological polar surface area (TPSA) is 103 Å². The van der Waals surface area contributed by atoms with Gasteiger partial charge in [-0.1, -0.05) is 0 Å². The Bertz CT molecular complexity index is 472. The Hall–Kier alpha value is -2.03. The van der Waals surface area contributed by atoms with Gasteiger partial charge in [-0.15, -0.1) is 0 Å². The summed E-state index contributed by atoms with van der Waals surface area (Å²) in [5.41, 5.74) is 4.73. The van der Waals surface area contributed by atoms with Crippen LogP contribution in [0.4, 0.5) is 14.6 Å². The molecule has 0 unspecified atom stereocenters. The monoisotopic (exact) mass is 262 g/mol. The second-order valence-corrected chi connectivity index (χ2v) is 3.64. The number of nitro groups is 1. The average molecular weight is 262 g/mol. The normalized spacial score (nSPS) is 11.3. The molecule has 100 valence electrons. The molecule has 0 fully saturated rings. The summed E-state index contributed by atoms with van der Waals surface area (Å²) in [4.78, 5) is 21.4. The molecule has 1 amide bonds. The van der Waals surface area contributed by atoms with Crippen LogP contribution in [0.1, 0.15) is 10.5 Å². The number of rotatable bonds is 5. The number of nitrogens with zero attached hydrogens (tertiary/aromatic N) is 2. The van der Waals surface area contributed by atoms with Gasteiger partial charge in [-0.25, -0.2) is 13.3 Å². The van der Waals surface area contributed by atoms with Gasteiger partial charge in [-0.2, -0.15) is 0 Å². The lowest BCUT2D eigenvalue weighted by Gasteiger charge is -2.13. The molecule has 0 aliphatic rings. The summed E-state index contributed by atoms with van der Waals surface area (Å²) < 4.78 is 26.6. The standard InChI is InChI=1S/C9H12F2N4O3/c1-14-6(2-3-7(14)15(17)18)8(16)13-5-9(10,11)4-12/h2-3H,4-5,12H2,1H3,(H,13,16). The van der Waals surface area contributed by atoms with Crippen LogP contribution in [-0.2, 0) is 7.05 Å². The second-order valence-electron chi connectivity index (χ2n) is 3.64. The number of hydrogen-bond acceptors (Lipinski definition) is 4. The van der Waals surface area contributed by atoms with E-state index in [0.29, 0.717) is 0 Å². The Morgan fingerprint density at radius 2 is 2.22 bits per heavy atom. The fourth-order valence-electron chi connectivity index (χ4n) is 1.28. The first-order valence-corrected chi connectivity index (χ1v) is 4.94. The molecule has 1 aromatic rings. The van der Waals surface area contributed by atoms with E-state index in [-0.39, 0.29) is 11.5 Å². The van der Waals surface area contributed by atoms with Crippen molar-refractivity contribution in [3.63, 3.8) is 0 Å². The van der Waals surface area contributed by atoms with Crippen molar-refractivity contribution in [2.45, 2.75) is 5.92 Å². The Balaban J connectivity index is 2.77. The van der Waals surface area contributed by atoms with Gasteiger partial charge in [0.1, 0.15) is 0 Å². The van der Waals surface area contributed by atoms with Crippen molar-refractivity contribution in [1.29, 1.82) is 0 Å². The molecule has 1 aromatic heterocycles. The minimum atomic E-state index is -3.20. The van der Waals surface area contributed by atoms with Crippen LogP contribution < -0.4 is 11.1 Å². The number of carbonyl (C=O) groups excluding carboxylic acids is 1. The minimum absolute atomic E-state index is 0.0745. The fraction of sp³-hybridized carbons (Fsp3) is 0.444. The second kappa shape index (κ2) is 5.08. The summed E-state index contributed by atoms with van der Waals surface area (Å²) in [6.07, 6.45) is 0. The number of halogens is 2. The average Bonchev–Trinajstić information content (AvgIpc) is 2.68. The Morgan fingerprint density at radius 3 is 2.67 bits per heavy atom. The molecule has 0 saturated heterocycles. The Morgan fingerprint density at radius 1 is 1.61 bits per heavy atom. The molecule has 1 heterocycles. The molecule has 0 aliphatic carbocycles. The summed E-state index contributed by atoms with van der Waals surface area (Å²) >= 11 is 0. The lowest BCUT2D eigenvalue weighted by Crippen LogP contribution is -2.41. The van der Waals surface area contributed by atoms with E-state index < -0.39 is 29.8 Å². The number of nitrogens with one attached hydrogen (secondary N) is 1. The van der Waals surface area contributed by atoms with E-state index in [9.17, 15) is 23.7 Å². The van der Waals surface area contributed by atoms with Crippen LogP contribution in [0.25, 0.3) is 0 Å². The number of alkyl halides is 2. The zero-order valence-electron chi connectivity index (χ0n) is 9.52. The summed E-state index contributed by atoms with van der Waals surface area (Å²) in [6, 6.07) is 2.31. The zero-order chi connectivity index (χ0) is 13.9. The van der Waals surface area contributed by atoms with E-state index in [1.807, 2.05) is 5.32 Å². The van der Waals surface area contributed by atoms with Gasteiger partial charge in [-0.05, 0) is 11.0 Å². The van der Waals surface area contributed by atoms with Gasteiger partial charge >= 0.3 is 5.82 Å². The van der Waals surface area contributed by atoms with Gasteiger partial charge in [0.25, 0.3) is 11.8 Å². The van der Waals surface area contributed by atoms with Gasteiger partial charge in [0.15, 0.2) is 5.69 Å². The number of nitrogens with two attached hydrogens (primary N) is 1. The van der Waals surface area contributed by atoms with Crippen LogP contribution in [0.15, 0.2) is 12.1 Å². The maximum atomic E-state index is 12.8. The van der Waals surface area contributed by atoms with Crippen LogP contribution >= 0.6 is 0 Å². The number of amides is 1. The van der Waals surface area contributed by atoms with Crippen molar-refractivity contribution >= 4 is 11.7 Å². The highest BCUT2D eigenvalue weighted by molar-refractivity contribution is 5.93. The van der Waals surface area contributed by atoms with Crippen molar-refractivity contribution in [3.05, 3.63) is 27.9 Å². The summed E-state index contributed by atoms with van der Waals surface area (Å²) in [5, 5.41) is 12.5. The Kier molecular flexibility index (Phi) is 3.96. The van der Waals surface area contributed by atoms with E-state index in [4.69, 9.17) is 5.73 Å². The summed E-state index contributed by atoms with van der Waals surface area (Å²) in [5.74, 6) is -4.32. The third-order valence-corrected chi connectivity index (χ3v) is 2.32. The lowest BCUT2D eigenvalue weighted by atomic mass is 10.3. The molecule has 0 aliphatic heterocycles. The first-order chi connectivity index (χ1) is 8.28. The van der Waals surface area contributed by atoms with E-state index in [0.717, 1.165) is 10.6 Å². The first kappa shape index (κ1) is 14.0. The fourth-order valence-corrected chi connectivity index (χ4v) is 1.28. The molecule has 18 heavy (non-hydrogen) atoms. The maximum Gasteiger partial charge on any atom is 0.323 e. The van der Waals surface area contributed by atoms with Crippen molar-refractivity contribution in [2.24, 2.45) is 12.8 Å². The molecule has 0 radical (unpaired) electrons. The highest BCUT2D eigenvalue weighted by Crippen LogP contribution is 2.15. The van der Waals surface area contributed by atoms with Crippen LogP contribution in [0.3, 0.4) is 0 Å². The molecule has 0 bridgehead atoms. The van der Waals surface area contributed by atoms with Gasteiger partial charge in [0.05, 0.1) is 20.1 Å². The highest BCUT2D eigenvalue weighted by atomic mass is 19.3. The Labute approximate surface area is 101 Å². The summed E-state index contributed by atoms with van der Waals surface area (Å²) in [7, 11) is 1.30. The van der Waals surface area contributed by atoms with E-state index in [2.05, 4.69) is 0 Å². The van der Waals surface area contributed by atoms with Crippen molar-refractivity contribution in [1.82, 2.24) is 9.88 Å². The van der Waals surface area contributed by atoms with E-state index >= 15 is 0 Å². The SMILES string of the molecule is Cn1c(C(=O)NCC(F)(F)CN)ccc1[N+](=O)[O-]. The zero-order valence-corrected chi connectivity index (χ0v) is 9.52. The number of aromatic nitrogens is 1.